The molecule has 0 aliphatic rings. The summed E-state index contributed by atoms with van der Waals surface area (Å²) < 4.78 is 33.1. The van der Waals surface area contributed by atoms with Crippen LogP contribution in [0.4, 0.5) is 5.69 Å². The summed E-state index contributed by atoms with van der Waals surface area (Å²) in [5.41, 5.74) is 5.09. The molecule has 0 aromatic heterocycles. The topological polar surface area (TPSA) is 112 Å². The molecule has 0 aliphatic heterocycles. The van der Waals surface area contributed by atoms with Gasteiger partial charge in [-0.2, -0.15) is 10.4 Å². The van der Waals surface area contributed by atoms with Crippen LogP contribution in [0.25, 0.3) is 0 Å². The van der Waals surface area contributed by atoms with Crippen molar-refractivity contribution in [1.82, 2.24) is 5.43 Å². The van der Waals surface area contributed by atoms with E-state index in [0.717, 1.165) is 15.4 Å². The van der Waals surface area contributed by atoms with Crippen LogP contribution < -0.4 is 14.5 Å². The number of carbonyl (C=O) groups excluding carboxylic acids is 1. The summed E-state index contributed by atoms with van der Waals surface area (Å²) in [7, 11) is -3.99. The first-order valence-electron chi connectivity index (χ1n) is 10.4. The maximum atomic E-state index is 13.4. The van der Waals surface area contributed by atoms with Gasteiger partial charge in [-0.15, -0.1) is 0 Å². The number of aryl methyl sites for hydroxylation is 2. The first kappa shape index (κ1) is 24.5. The van der Waals surface area contributed by atoms with E-state index in [4.69, 9.17) is 10.00 Å². The van der Waals surface area contributed by atoms with Gasteiger partial charge in [-0.05, 0) is 73.0 Å². The van der Waals surface area contributed by atoms with Crippen molar-refractivity contribution >= 4 is 27.8 Å². The van der Waals surface area contributed by atoms with Crippen LogP contribution in [0.5, 0.6) is 5.75 Å². The highest BCUT2D eigenvalue weighted by molar-refractivity contribution is 7.92. The Morgan fingerprint density at radius 2 is 1.79 bits per heavy atom. The number of ether oxygens (including phenoxy) is 1. The Bertz CT molecular complexity index is 1320. The number of rotatable bonds is 9. The van der Waals surface area contributed by atoms with Gasteiger partial charge in [-0.3, -0.25) is 9.10 Å². The number of nitriles is 1. The second-order valence-corrected chi connectivity index (χ2v) is 9.29. The van der Waals surface area contributed by atoms with E-state index in [1.807, 2.05) is 25.1 Å². The van der Waals surface area contributed by atoms with Crippen LogP contribution in [-0.4, -0.2) is 33.7 Å². The lowest BCUT2D eigenvalue weighted by atomic mass is 10.1. The van der Waals surface area contributed by atoms with Crippen LogP contribution in [0.3, 0.4) is 0 Å². The van der Waals surface area contributed by atoms with Crippen LogP contribution in [0.2, 0.25) is 0 Å². The van der Waals surface area contributed by atoms with Crippen LogP contribution in [0, 0.1) is 25.2 Å². The number of hydrogen-bond acceptors (Lipinski definition) is 6. The highest BCUT2D eigenvalue weighted by atomic mass is 32.2. The van der Waals surface area contributed by atoms with Crippen LogP contribution in [0.15, 0.2) is 82.8 Å². The number of sulfonamides is 1. The fourth-order valence-corrected chi connectivity index (χ4v) is 4.62. The predicted molar refractivity (Wildman–Crippen MR) is 130 cm³/mol. The molecule has 3 aromatic carbocycles. The second kappa shape index (κ2) is 11.1. The van der Waals surface area contributed by atoms with Gasteiger partial charge in [-0.1, -0.05) is 30.3 Å². The van der Waals surface area contributed by atoms with Gasteiger partial charge in [0.25, 0.3) is 15.9 Å². The molecule has 0 unspecified atom stereocenters. The average molecular weight is 477 g/mol. The quantitative estimate of drug-likeness (QED) is 0.375. The molecule has 0 bridgehead atoms. The molecule has 1 N–H and O–H groups in total. The lowest BCUT2D eigenvalue weighted by Crippen LogP contribution is -2.40. The highest BCUT2D eigenvalue weighted by Gasteiger charge is 2.28. The third kappa shape index (κ3) is 6.21. The molecule has 3 aromatic rings. The Morgan fingerprint density at radius 3 is 2.47 bits per heavy atom. The third-order valence-corrected chi connectivity index (χ3v) is 6.61. The molecule has 9 heteroatoms. The van der Waals surface area contributed by atoms with E-state index < -0.39 is 22.5 Å². The lowest BCUT2D eigenvalue weighted by molar-refractivity contribution is -0.119. The van der Waals surface area contributed by atoms with E-state index in [1.165, 1.54) is 18.3 Å². The van der Waals surface area contributed by atoms with E-state index in [-0.39, 0.29) is 11.5 Å². The largest absolute Gasteiger partial charge is 0.479 e. The van der Waals surface area contributed by atoms with Crippen molar-refractivity contribution in [3.8, 4) is 11.8 Å². The number of nitrogens with one attached hydrogen (secondary N) is 1. The lowest BCUT2D eigenvalue weighted by Gasteiger charge is -2.25. The van der Waals surface area contributed by atoms with Crippen molar-refractivity contribution in [3.05, 3.63) is 89.5 Å². The van der Waals surface area contributed by atoms with Crippen molar-refractivity contribution in [2.24, 2.45) is 5.10 Å². The summed E-state index contributed by atoms with van der Waals surface area (Å²) in [6, 6.07) is 22.1. The molecule has 0 atom stereocenters. The summed E-state index contributed by atoms with van der Waals surface area (Å²) in [5, 5.41) is 12.5. The number of hydrazone groups is 1. The van der Waals surface area contributed by atoms with E-state index >= 15 is 0 Å². The minimum absolute atomic E-state index is 0.0493. The Hall–Kier alpha value is -4.16. The zero-order chi connectivity index (χ0) is 24.6. The van der Waals surface area contributed by atoms with Crippen molar-refractivity contribution in [1.29, 1.82) is 5.26 Å². The molecule has 0 saturated carbocycles. The fraction of sp³-hybridized carbons (Fsp3) is 0.160. The van der Waals surface area contributed by atoms with Gasteiger partial charge < -0.3 is 4.74 Å². The van der Waals surface area contributed by atoms with Gasteiger partial charge in [0.15, 0.2) is 6.61 Å². The van der Waals surface area contributed by atoms with Crippen molar-refractivity contribution in [3.63, 3.8) is 0 Å². The standard InChI is InChI=1S/C25H24N4O4S/c1-19-8-9-20(2)24(16-19)29(34(31,32)23-6-4-3-5-7-23)18-25(30)28-27-17-21-10-12-22(13-11-21)33-15-14-26/h3-13,16-17H,15,18H2,1-2H3,(H,28,30)/b27-17+. The van der Waals surface area contributed by atoms with E-state index in [1.54, 1.807) is 55.5 Å². The van der Waals surface area contributed by atoms with Crippen LogP contribution in [0.1, 0.15) is 16.7 Å². The molecule has 0 fully saturated rings. The van der Waals surface area contributed by atoms with Gasteiger partial charge in [0.2, 0.25) is 0 Å². The second-order valence-electron chi connectivity index (χ2n) is 7.42. The molecule has 174 valence electrons. The molecule has 8 nitrogen and oxygen atoms in total. The number of hydrogen-bond donors (Lipinski definition) is 1. The zero-order valence-electron chi connectivity index (χ0n) is 18.8. The summed E-state index contributed by atoms with van der Waals surface area (Å²) in [4.78, 5) is 12.8. The number of amides is 1. The van der Waals surface area contributed by atoms with Gasteiger partial charge in [-0.25, -0.2) is 13.8 Å². The number of nitrogens with zero attached hydrogens (tertiary/aromatic N) is 3. The zero-order valence-corrected chi connectivity index (χ0v) is 19.6. The molecule has 0 saturated heterocycles. The Labute approximate surface area is 199 Å². The van der Waals surface area contributed by atoms with Crippen LogP contribution in [-0.2, 0) is 14.8 Å². The summed E-state index contributed by atoms with van der Waals surface area (Å²) in [6.07, 6.45) is 1.43. The Balaban J connectivity index is 1.78. The molecular weight excluding hydrogens is 452 g/mol. The summed E-state index contributed by atoms with van der Waals surface area (Å²) in [6.45, 7) is 3.16. The SMILES string of the molecule is Cc1ccc(C)c(N(CC(=O)N/N=C/c2ccc(OCC#N)cc2)S(=O)(=O)c2ccccc2)c1. The van der Waals surface area contributed by atoms with Gasteiger partial charge in [0.1, 0.15) is 18.4 Å². The van der Waals surface area contributed by atoms with Gasteiger partial charge >= 0.3 is 0 Å². The average Bonchev–Trinajstić information content (AvgIpc) is 2.84. The number of benzene rings is 3. The number of carbonyl (C=O) groups is 1. The molecule has 0 aliphatic carbocycles. The third-order valence-electron chi connectivity index (χ3n) is 4.84. The maximum absolute atomic E-state index is 13.4. The molecule has 0 radical (unpaired) electrons. The smallest absolute Gasteiger partial charge is 0.264 e. The molecule has 0 heterocycles. The Morgan fingerprint density at radius 1 is 1.09 bits per heavy atom. The number of anilines is 1. The van der Waals surface area contributed by atoms with Gasteiger partial charge in [0.05, 0.1) is 16.8 Å². The molecular formula is C25H24N4O4S. The molecule has 0 spiro atoms. The predicted octanol–water partition coefficient (Wildman–Crippen LogP) is 3.55. The minimum Gasteiger partial charge on any atom is -0.479 e. The minimum atomic E-state index is -3.99. The van der Waals surface area contributed by atoms with E-state index in [0.29, 0.717) is 17.0 Å². The van der Waals surface area contributed by atoms with E-state index in [2.05, 4.69) is 10.5 Å². The van der Waals surface area contributed by atoms with Crippen molar-refractivity contribution in [2.75, 3.05) is 17.5 Å². The van der Waals surface area contributed by atoms with Crippen molar-refractivity contribution < 1.29 is 17.9 Å². The fourth-order valence-electron chi connectivity index (χ4n) is 3.12. The van der Waals surface area contributed by atoms with Crippen LogP contribution >= 0.6 is 0 Å². The summed E-state index contributed by atoms with van der Waals surface area (Å²) in [5.74, 6) is -0.0522. The Kier molecular flexibility index (Phi) is 8.01. The first-order valence-corrected chi connectivity index (χ1v) is 11.8. The monoisotopic (exact) mass is 476 g/mol. The maximum Gasteiger partial charge on any atom is 0.264 e. The molecule has 3 rings (SSSR count). The molecule has 1 amide bonds. The van der Waals surface area contributed by atoms with E-state index in [9.17, 15) is 13.2 Å². The summed E-state index contributed by atoms with van der Waals surface area (Å²) >= 11 is 0. The first-order chi connectivity index (χ1) is 16.3. The van der Waals surface area contributed by atoms with Gasteiger partial charge in [0, 0.05) is 0 Å². The molecule has 34 heavy (non-hydrogen) atoms. The van der Waals surface area contributed by atoms with Crippen molar-refractivity contribution in [2.45, 2.75) is 18.7 Å². The normalized spacial score (nSPS) is 11.1. The highest BCUT2D eigenvalue weighted by Crippen LogP contribution is 2.27.